The Hall–Kier alpha value is -1.87. The van der Waals surface area contributed by atoms with Crippen LogP contribution in [-0.2, 0) is 20.4 Å². The maximum atomic E-state index is 13.5. The van der Waals surface area contributed by atoms with Crippen LogP contribution in [0, 0.1) is 0 Å². The van der Waals surface area contributed by atoms with Crippen LogP contribution in [0.4, 0.5) is 18.9 Å². The van der Waals surface area contributed by atoms with Crippen LogP contribution >= 0.6 is 12.2 Å². The molecule has 0 bridgehead atoms. The number of sulfonamides is 1. The fraction of sp³-hybridized carbons (Fsp3) is 0.560. The number of ether oxygens (including phenoxy) is 1. The van der Waals surface area contributed by atoms with Crippen LogP contribution in [0.15, 0.2) is 47.4 Å². The minimum atomic E-state index is -4.83. The molecule has 8 nitrogen and oxygen atoms in total. The normalized spacial score (nSPS) is 25.8. The highest BCUT2D eigenvalue weighted by Crippen LogP contribution is 2.39. The van der Waals surface area contributed by atoms with Crippen LogP contribution in [0.2, 0.25) is 0 Å². The zero-order chi connectivity index (χ0) is 27.7. The fourth-order valence-electron chi connectivity index (χ4n) is 4.93. The first-order chi connectivity index (χ1) is 17.8. The molecule has 210 valence electrons. The van der Waals surface area contributed by atoms with Crippen molar-refractivity contribution in [2.75, 3.05) is 57.4 Å². The van der Waals surface area contributed by atoms with E-state index in [-0.39, 0.29) is 42.3 Å². The molecule has 0 unspecified atom stereocenters. The highest BCUT2D eigenvalue weighted by atomic mass is 32.2. The number of anilines is 1. The van der Waals surface area contributed by atoms with Gasteiger partial charge in [0.1, 0.15) is 0 Å². The molecule has 2 aliphatic heterocycles. The summed E-state index contributed by atoms with van der Waals surface area (Å²) in [6, 6.07) is 5.20. The molecule has 1 aromatic rings. The molecule has 0 saturated carbocycles. The number of piperazine rings is 1. The van der Waals surface area contributed by atoms with Gasteiger partial charge in [0.25, 0.3) is 0 Å². The van der Waals surface area contributed by atoms with Crippen LogP contribution in [0.5, 0.6) is 0 Å². The Morgan fingerprint density at radius 3 is 2.47 bits per heavy atom. The zero-order valence-corrected chi connectivity index (χ0v) is 22.6. The quantitative estimate of drug-likeness (QED) is 0.478. The SMILES string of the molecule is C[C@@](O)(c1ccc(N2CCN(S(=O)(=O)C3=CC=CCC3=S)C[C@H]2CN2CCO[C@@H](CO)C2)cc1)C(F)(F)F. The number of thiocarbonyl (C=S) groups is 1. The van der Waals surface area contributed by atoms with Gasteiger partial charge in [0.15, 0.2) is 5.60 Å². The van der Waals surface area contributed by atoms with E-state index in [9.17, 15) is 31.8 Å². The highest BCUT2D eigenvalue weighted by Gasteiger charge is 2.51. The lowest BCUT2D eigenvalue weighted by molar-refractivity contribution is -0.258. The average molecular weight is 576 g/mol. The van der Waals surface area contributed by atoms with E-state index in [1.165, 1.54) is 34.6 Å². The number of benzene rings is 1. The molecule has 2 saturated heterocycles. The molecule has 2 fully saturated rings. The molecule has 1 aliphatic carbocycles. The molecule has 4 rings (SSSR count). The van der Waals surface area contributed by atoms with Crippen molar-refractivity contribution >= 4 is 32.8 Å². The smallest absolute Gasteiger partial charge is 0.394 e. The van der Waals surface area contributed by atoms with Gasteiger partial charge in [-0.3, -0.25) is 4.90 Å². The number of morpholine rings is 1. The van der Waals surface area contributed by atoms with E-state index in [0.29, 0.717) is 56.7 Å². The predicted molar refractivity (Wildman–Crippen MR) is 141 cm³/mol. The van der Waals surface area contributed by atoms with Gasteiger partial charge in [-0.2, -0.15) is 17.5 Å². The van der Waals surface area contributed by atoms with Crippen molar-refractivity contribution in [1.82, 2.24) is 9.21 Å². The summed E-state index contributed by atoms with van der Waals surface area (Å²) in [7, 11) is -3.84. The topological polar surface area (TPSA) is 93.6 Å². The first-order valence-electron chi connectivity index (χ1n) is 12.4. The van der Waals surface area contributed by atoms with Gasteiger partial charge in [0.2, 0.25) is 10.0 Å². The number of allylic oxidation sites excluding steroid dienone is 4. The first-order valence-corrected chi connectivity index (χ1v) is 14.2. The van der Waals surface area contributed by atoms with Gasteiger partial charge in [0.05, 0.1) is 30.3 Å². The lowest BCUT2D eigenvalue weighted by Crippen LogP contribution is -2.60. The number of aliphatic hydroxyl groups is 2. The number of alkyl halides is 3. The predicted octanol–water partition coefficient (Wildman–Crippen LogP) is 2.18. The Bertz CT molecular complexity index is 1190. The molecule has 3 aliphatic rings. The maximum absolute atomic E-state index is 13.5. The summed E-state index contributed by atoms with van der Waals surface area (Å²) in [5.41, 5.74) is -2.65. The molecule has 0 radical (unpaired) electrons. The van der Waals surface area contributed by atoms with E-state index < -0.39 is 21.8 Å². The van der Waals surface area contributed by atoms with Gasteiger partial charge >= 0.3 is 6.18 Å². The lowest BCUT2D eigenvalue weighted by Gasteiger charge is -2.45. The molecule has 13 heteroatoms. The molecule has 0 aromatic heterocycles. The minimum absolute atomic E-state index is 0.118. The second-order valence-corrected chi connectivity index (χ2v) is 12.2. The van der Waals surface area contributed by atoms with Gasteiger partial charge in [-0.15, -0.1) is 0 Å². The highest BCUT2D eigenvalue weighted by molar-refractivity contribution is 7.96. The lowest BCUT2D eigenvalue weighted by atomic mass is 9.95. The van der Waals surface area contributed by atoms with Crippen LogP contribution in [0.25, 0.3) is 0 Å². The third kappa shape index (κ3) is 5.98. The van der Waals surface area contributed by atoms with E-state index in [1.54, 1.807) is 12.2 Å². The number of halogens is 3. The third-order valence-corrected chi connectivity index (χ3v) is 9.70. The van der Waals surface area contributed by atoms with Crippen LogP contribution in [0.1, 0.15) is 18.9 Å². The van der Waals surface area contributed by atoms with Gasteiger partial charge in [-0.05, 0) is 30.7 Å². The van der Waals surface area contributed by atoms with E-state index in [2.05, 4.69) is 4.90 Å². The number of rotatable bonds is 7. The number of hydrogen-bond acceptors (Lipinski definition) is 8. The van der Waals surface area contributed by atoms with Gasteiger partial charge in [-0.1, -0.05) is 36.5 Å². The van der Waals surface area contributed by atoms with Gasteiger partial charge < -0.3 is 19.8 Å². The van der Waals surface area contributed by atoms with E-state index >= 15 is 0 Å². The Morgan fingerprint density at radius 2 is 1.84 bits per heavy atom. The van der Waals surface area contributed by atoms with E-state index in [1.807, 2.05) is 4.90 Å². The molecule has 0 spiro atoms. The molecule has 1 aromatic carbocycles. The molecular formula is C25H32F3N3O5S2. The van der Waals surface area contributed by atoms with Gasteiger partial charge in [0, 0.05) is 56.2 Å². The molecule has 2 heterocycles. The van der Waals surface area contributed by atoms with Crippen LogP contribution < -0.4 is 4.90 Å². The number of hydrogen-bond donors (Lipinski definition) is 2. The Labute approximate surface area is 226 Å². The average Bonchev–Trinajstić information content (AvgIpc) is 2.88. The second-order valence-electron chi connectivity index (χ2n) is 9.85. The van der Waals surface area contributed by atoms with Crippen molar-refractivity contribution in [3.8, 4) is 0 Å². The number of aliphatic hydroxyl groups excluding tert-OH is 1. The molecule has 38 heavy (non-hydrogen) atoms. The van der Waals surface area contributed by atoms with Crippen molar-refractivity contribution in [2.45, 2.75) is 37.3 Å². The zero-order valence-electron chi connectivity index (χ0n) is 21.0. The summed E-state index contributed by atoms with van der Waals surface area (Å²) in [6.45, 7) is 3.16. The van der Waals surface area contributed by atoms with Crippen LogP contribution in [0.3, 0.4) is 0 Å². The summed E-state index contributed by atoms with van der Waals surface area (Å²) in [5.74, 6) is 0. The fourth-order valence-corrected chi connectivity index (χ4v) is 7.00. The maximum Gasteiger partial charge on any atom is 0.421 e. The van der Waals surface area contributed by atoms with E-state index in [4.69, 9.17) is 17.0 Å². The van der Waals surface area contributed by atoms with Crippen molar-refractivity contribution < 1.29 is 36.5 Å². The Balaban J connectivity index is 1.60. The molecule has 2 N–H and O–H groups in total. The monoisotopic (exact) mass is 575 g/mol. The molecule has 3 atom stereocenters. The minimum Gasteiger partial charge on any atom is -0.394 e. The Kier molecular flexibility index (Phi) is 8.67. The molecular weight excluding hydrogens is 543 g/mol. The van der Waals surface area contributed by atoms with Gasteiger partial charge in [-0.25, -0.2) is 8.42 Å². The summed E-state index contributed by atoms with van der Waals surface area (Å²) < 4.78 is 73.9. The summed E-state index contributed by atoms with van der Waals surface area (Å²) in [4.78, 5) is 4.55. The number of nitrogens with zero attached hydrogens (tertiary/aromatic N) is 3. The Morgan fingerprint density at radius 1 is 1.13 bits per heavy atom. The first kappa shape index (κ1) is 29.1. The van der Waals surface area contributed by atoms with Crippen molar-refractivity contribution in [1.29, 1.82) is 0 Å². The van der Waals surface area contributed by atoms with E-state index in [0.717, 1.165) is 0 Å². The third-order valence-electron chi connectivity index (χ3n) is 7.23. The van der Waals surface area contributed by atoms with Crippen LogP contribution in [-0.4, -0.2) is 104 Å². The van der Waals surface area contributed by atoms with Crippen molar-refractivity contribution in [3.63, 3.8) is 0 Å². The molecule has 0 amide bonds. The summed E-state index contributed by atoms with van der Waals surface area (Å²) in [6.07, 6.45) is 0.200. The standard InChI is InChI=1S/C25H32F3N3O5S2/c1-24(33,25(26,27)28)18-6-8-19(9-7-18)31-11-10-30(38(34,35)23-5-3-2-4-22(23)37)15-20(31)14-29-12-13-36-21(16-29)17-32/h2-3,5-9,20-21,32-33H,4,10-17H2,1H3/t20-,21-,24-/m1/s1. The van der Waals surface area contributed by atoms with Crippen molar-refractivity contribution in [3.05, 3.63) is 53.0 Å². The second kappa shape index (κ2) is 11.3. The summed E-state index contributed by atoms with van der Waals surface area (Å²) in [5, 5.41) is 19.6. The van der Waals surface area contributed by atoms with Crippen molar-refractivity contribution in [2.24, 2.45) is 0 Å². The summed E-state index contributed by atoms with van der Waals surface area (Å²) >= 11 is 5.32. The largest absolute Gasteiger partial charge is 0.421 e.